The summed E-state index contributed by atoms with van der Waals surface area (Å²) < 4.78 is 0. The molecule has 0 aliphatic carbocycles. The summed E-state index contributed by atoms with van der Waals surface area (Å²) in [7, 11) is 0. The maximum atomic E-state index is 9.08. The number of hydrogen-bond donors (Lipinski definition) is 2. The van der Waals surface area contributed by atoms with Crippen molar-refractivity contribution in [3.8, 4) is 11.8 Å². The summed E-state index contributed by atoms with van der Waals surface area (Å²) in [5, 5.41) is 16.5. The van der Waals surface area contributed by atoms with E-state index >= 15 is 0 Å². The third-order valence-corrected chi connectivity index (χ3v) is 2.68. The Bertz CT molecular complexity index is 288. The monoisotopic (exact) mass is 302 g/mol. The van der Waals surface area contributed by atoms with Crippen LogP contribution in [0.4, 0.5) is 0 Å². The summed E-state index contributed by atoms with van der Waals surface area (Å²) in [6, 6.07) is 0. The van der Waals surface area contributed by atoms with Gasteiger partial charge in [0.15, 0.2) is 0 Å². The first-order valence-electron chi connectivity index (χ1n) is 7.09. The predicted octanol–water partition coefficient (Wildman–Crippen LogP) is 3.99. The van der Waals surface area contributed by atoms with Gasteiger partial charge in [-0.05, 0) is 12.8 Å². The Morgan fingerprint density at radius 3 is 2.10 bits per heavy atom. The molecule has 0 saturated carbocycles. The number of halogens is 1. The van der Waals surface area contributed by atoms with Gasteiger partial charge in [-0.25, -0.2) is 0 Å². The van der Waals surface area contributed by atoms with Crippen LogP contribution in [0.15, 0.2) is 12.7 Å². The quantitative estimate of drug-likeness (QED) is 0.293. The predicted molar refractivity (Wildman–Crippen MR) is 84.9 cm³/mol. The Hall–Kier alpha value is -0.980. The number of unbranched alkanes of at least 4 members (excludes halogenated alkanes) is 7. The van der Waals surface area contributed by atoms with Crippen molar-refractivity contribution in [1.82, 2.24) is 0 Å². The molecule has 2 N–H and O–H groups in total. The number of rotatable bonds is 9. The number of alkyl halides is 1. The highest BCUT2D eigenvalue weighted by atomic mass is 35.5. The third kappa shape index (κ3) is 25.8. The van der Waals surface area contributed by atoms with Gasteiger partial charge in [0.2, 0.25) is 0 Å². The number of carbonyl (C=O) groups is 1. The molecule has 0 radical (unpaired) electrons. The highest BCUT2D eigenvalue weighted by Gasteiger charge is 1.91. The molecule has 0 saturated heterocycles. The lowest BCUT2D eigenvalue weighted by molar-refractivity contribution is -0.134. The first-order valence-corrected chi connectivity index (χ1v) is 7.62. The summed E-state index contributed by atoms with van der Waals surface area (Å²) in [4.78, 5) is 9.00. The zero-order chi connectivity index (χ0) is 15.6. The molecule has 0 aliphatic rings. The van der Waals surface area contributed by atoms with Crippen LogP contribution in [0.1, 0.15) is 58.3 Å². The molecule has 116 valence electrons. The Kier molecular flexibility index (Phi) is 19.2. The first-order chi connectivity index (χ1) is 9.54. The van der Waals surface area contributed by atoms with Crippen molar-refractivity contribution < 1.29 is 15.0 Å². The normalized spacial score (nSPS) is 10.6. The molecule has 4 heteroatoms. The summed E-state index contributed by atoms with van der Waals surface area (Å²) in [6.07, 6.45) is 10.3. The molecule has 0 aromatic rings. The van der Waals surface area contributed by atoms with E-state index in [2.05, 4.69) is 18.4 Å². The molecular formula is C16H27ClO3. The first kappa shape index (κ1) is 21.3. The van der Waals surface area contributed by atoms with Crippen molar-refractivity contribution in [2.75, 3.05) is 5.88 Å². The zero-order valence-corrected chi connectivity index (χ0v) is 13.2. The second-order valence-electron chi connectivity index (χ2n) is 4.43. The Balaban J connectivity index is 0. The van der Waals surface area contributed by atoms with Crippen LogP contribution in [-0.4, -0.2) is 28.2 Å². The molecule has 1 atom stereocenters. The van der Waals surface area contributed by atoms with Crippen molar-refractivity contribution in [1.29, 1.82) is 0 Å². The molecule has 0 aliphatic heterocycles. The molecule has 0 spiro atoms. The second-order valence-corrected chi connectivity index (χ2v) is 4.81. The highest BCUT2D eigenvalue weighted by Crippen LogP contribution is 2.08. The van der Waals surface area contributed by atoms with E-state index in [1.54, 1.807) is 0 Å². The van der Waals surface area contributed by atoms with E-state index in [1.807, 2.05) is 0 Å². The fourth-order valence-electron chi connectivity index (χ4n) is 1.43. The fourth-order valence-corrected chi connectivity index (χ4v) is 1.62. The van der Waals surface area contributed by atoms with Gasteiger partial charge in [0.25, 0.3) is 5.97 Å². The van der Waals surface area contributed by atoms with Gasteiger partial charge in [-0.2, -0.15) is 0 Å². The number of aliphatic carboxylic acids is 1. The van der Waals surface area contributed by atoms with Gasteiger partial charge >= 0.3 is 0 Å². The van der Waals surface area contributed by atoms with Crippen LogP contribution < -0.4 is 0 Å². The smallest absolute Gasteiger partial charge is 0.300 e. The molecule has 0 bridgehead atoms. The average molecular weight is 303 g/mol. The fraction of sp³-hybridized carbons (Fsp3) is 0.688. The Morgan fingerprint density at radius 2 is 1.65 bits per heavy atom. The summed E-state index contributed by atoms with van der Waals surface area (Å²) >= 11 is 5.59. The largest absolute Gasteiger partial charge is 0.481 e. The van der Waals surface area contributed by atoms with Gasteiger partial charge < -0.3 is 10.2 Å². The van der Waals surface area contributed by atoms with Gasteiger partial charge in [-0.15, -0.1) is 17.5 Å². The molecule has 3 nitrogen and oxygen atoms in total. The van der Waals surface area contributed by atoms with Gasteiger partial charge in [0.1, 0.15) is 6.10 Å². The molecular weight excluding hydrogens is 276 g/mol. The molecule has 0 rings (SSSR count). The van der Waals surface area contributed by atoms with Crippen molar-refractivity contribution in [3.05, 3.63) is 12.7 Å². The van der Waals surface area contributed by atoms with Crippen LogP contribution in [0.5, 0.6) is 0 Å². The molecule has 0 amide bonds. The molecule has 0 heterocycles. The summed E-state index contributed by atoms with van der Waals surface area (Å²) in [5.41, 5.74) is 0. The van der Waals surface area contributed by atoms with E-state index in [-0.39, 0.29) is 0 Å². The lowest BCUT2D eigenvalue weighted by Gasteiger charge is -1.98. The standard InChI is InChI=1S/C14H23ClO.C2H4O2/c1-2-14(16)12-10-8-6-4-3-5-7-9-11-13-15;1-2(3)4/h2,14,16H,1,3-9,11,13H2;1H3,(H,3,4). The highest BCUT2D eigenvalue weighted by molar-refractivity contribution is 6.17. The Morgan fingerprint density at radius 1 is 1.20 bits per heavy atom. The minimum absolute atomic E-state index is 0.657. The Labute approximate surface area is 128 Å². The molecule has 0 aromatic carbocycles. The number of carboxylic acid groups (broad SMARTS) is 1. The van der Waals surface area contributed by atoms with Crippen LogP contribution in [0.3, 0.4) is 0 Å². The maximum Gasteiger partial charge on any atom is 0.300 e. The molecule has 20 heavy (non-hydrogen) atoms. The van der Waals surface area contributed by atoms with Crippen LogP contribution in [0.2, 0.25) is 0 Å². The second kappa shape index (κ2) is 18.0. The summed E-state index contributed by atoms with van der Waals surface area (Å²) in [6.45, 7) is 4.55. The minimum atomic E-state index is -0.833. The maximum absolute atomic E-state index is 9.08. The van der Waals surface area contributed by atoms with Crippen LogP contribution >= 0.6 is 11.6 Å². The van der Waals surface area contributed by atoms with Crippen molar-refractivity contribution in [2.24, 2.45) is 0 Å². The van der Waals surface area contributed by atoms with Crippen LogP contribution in [0, 0.1) is 11.8 Å². The number of carboxylic acids is 1. The van der Waals surface area contributed by atoms with E-state index in [9.17, 15) is 0 Å². The van der Waals surface area contributed by atoms with E-state index in [0.717, 1.165) is 32.1 Å². The average Bonchev–Trinajstić information content (AvgIpc) is 2.40. The van der Waals surface area contributed by atoms with Crippen molar-refractivity contribution in [3.63, 3.8) is 0 Å². The van der Waals surface area contributed by atoms with Crippen molar-refractivity contribution in [2.45, 2.75) is 64.4 Å². The molecule has 0 aromatic heterocycles. The van der Waals surface area contributed by atoms with E-state index in [4.69, 9.17) is 26.6 Å². The molecule has 1 unspecified atom stereocenters. The van der Waals surface area contributed by atoms with E-state index in [1.165, 1.54) is 38.2 Å². The van der Waals surface area contributed by atoms with E-state index in [0.29, 0.717) is 0 Å². The number of aliphatic hydroxyl groups is 1. The van der Waals surface area contributed by atoms with Gasteiger partial charge in [-0.1, -0.05) is 50.7 Å². The van der Waals surface area contributed by atoms with Gasteiger partial charge in [0.05, 0.1) is 0 Å². The van der Waals surface area contributed by atoms with Crippen LogP contribution in [-0.2, 0) is 4.79 Å². The van der Waals surface area contributed by atoms with Crippen LogP contribution in [0.25, 0.3) is 0 Å². The topological polar surface area (TPSA) is 57.5 Å². The molecule has 0 fully saturated rings. The zero-order valence-electron chi connectivity index (χ0n) is 12.4. The summed E-state index contributed by atoms with van der Waals surface area (Å²) in [5.74, 6) is 5.64. The van der Waals surface area contributed by atoms with Gasteiger partial charge in [0, 0.05) is 19.2 Å². The lowest BCUT2D eigenvalue weighted by atomic mass is 10.1. The SMILES string of the molecule is C=CC(O)C#CCCCCCCCCCCl.CC(=O)O. The van der Waals surface area contributed by atoms with Crippen molar-refractivity contribution >= 4 is 17.6 Å². The lowest BCUT2D eigenvalue weighted by Crippen LogP contribution is -1.94. The third-order valence-electron chi connectivity index (χ3n) is 2.41. The number of aliphatic hydroxyl groups excluding tert-OH is 1. The number of hydrogen-bond acceptors (Lipinski definition) is 2. The van der Waals surface area contributed by atoms with E-state index < -0.39 is 12.1 Å². The minimum Gasteiger partial charge on any atom is -0.481 e. The van der Waals surface area contributed by atoms with Gasteiger partial charge in [-0.3, -0.25) is 4.79 Å².